The number of nitrogens with one attached hydrogen (secondary N) is 1. The summed E-state index contributed by atoms with van der Waals surface area (Å²) in [5.74, 6) is -1.28. The van der Waals surface area contributed by atoms with E-state index >= 15 is 0 Å². The topological polar surface area (TPSA) is 35.8 Å². The highest BCUT2D eigenvalue weighted by Gasteiger charge is 2.32. The quantitative estimate of drug-likeness (QED) is 0.851. The second-order valence-electron chi connectivity index (χ2n) is 5.09. The molecule has 2 unspecified atom stereocenters. The van der Waals surface area contributed by atoms with Crippen molar-refractivity contribution in [2.45, 2.75) is 5.92 Å². The minimum Gasteiger partial charge on any atom is -0.349 e. The molecule has 0 radical (unpaired) electrons. The maximum absolute atomic E-state index is 14.1. The highest BCUT2D eigenvalue weighted by atomic mass is 32.1. The van der Waals surface area contributed by atoms with E-state index in [0.717, 1.165) is 11.3 Å². The number of hydrogen-bond acceptors (Lipinski definition) is 2. The van der Waals surface area contributed by atoms with Gasteiger partial charge in [0.05, 0.1) is 11.1 Å². The van der Waals surface area contributed by atoms with Crippen LogP contribution in [0.4, 0.5) is 4.39 Å². The molecule has 0 saturated carbocycles. The van der Waals surface area contributed by atoms with Gasteiger partial charge in [-0.2, -0.15) is 5.26 Å². The van der Waals surface area contributed by atoms with Gasteiger partial charge < -0.3 is 5.32 Å². The average molecular weight is 308 g/mol. The van der Waals surface area contributed by atoms with Crippen LogP contribution in [0.15, 0.2) is 60.7 Å². The van der Waals surface area contributed by atoms with E-state index in [1.807, 2.05) is 36.4 Å². The van der Waals surface area contributed by atoms with E-state index in [1.54, 1.807) is 18.2 Å². The Labute approximate surface area is 133 Å². The molecule has 0 aliphatic carbocycles. The molecule has 1 aliphatic rings. The molecule has 0 fully saturated rings. The lowest BCUT2D eigenvalue weighted by molar-refractivity contribution is 0.587. The van der Waals surface area contributed by atoms with Crippen molar-refractivity contribution >= 4 is 22.9 Å². The van der Waals surface area contributed by atoms with Crippen LogP contribution in [0.1, 0.15) is 17.0 Å². The highest BCUT2D eigenvalue weighted by molar-refractivity contribution is 7.80. The fourth-order valence-electron chi connectivity index (χ4n) is 2.63. The van der Waals surface area contributed by atoms with Crippen LogP contribution < -0.4 is 5.32 Å². The van der Waals surface area contributed by atoms with E-state index in [4.69, 9.17) is 12.2 Å². The first-order chi connectivity index (χ1) is 10.7. The molecule has 3 rings (SSSR count). The fourth-order valence-corrected chi connectivity index (χ4v) is 2.94. The Morgan fingerprint density at radius 2 is 1.73 bits per heavy atom. The zero-order valence-corrected chi connectivity index (χ0v) is 12.5. The first kappa shape index (κ1) is 14.4. The minimum atomic E-state index is -0.570. The fraction of sp³-hybridized carbons (Fsp3) is 0.111. The summed E-state index contributed by atoms with van der Waals surface area (Å²) in [4.78, 5) is 0.428. The standard InChI is InChI=1S/C18H13FN2S/c19-16-9-5-4-8-13(16)14-10-17(12-6-2-1-3-7-12)21-18(22)15(14)11-20/h1-10,14-15H,(H,21,22). The Balaban J connectivity index is 2.10. The molecule has 2 aromatic carbocycles. The van der Waals surface area contributed by atoms with Gasteiger partial charge in [-0.25, -0.2) is 4.39 Å². The molecule has 0 aromatic heterocycles. The molecule has 22 heavy (non-hydrogen) atoms. The lowest BCUT2D eigenvalue weighted by Gasteiger charge is -2.28. The zero-order chi connectivity index (χ0) is 15.5. The van der Waals surface area contributed by atoms with Crippen LogP contribution in [-0.4, -0.2) is 4.99 Å². The van der Waals surface area contributed by atoms with Crippen LogP contribution in [0.25, 0.3) is 5.70 Å². The second kappa shape index (κ2) is 6.08. The molecule has 1 N–H and O–H groups in total. The molecular formula is C18H13FN2S. The Hall–Kier alpha value is -2.51. The van der Waals surface area contributed by atoms with E-state index in [-0.39, 0.29) is 5.82 Å². The largest absolute Gasteiger partial charge is 0.349 e. The summed E-state index contributed by atoms with van der Waals surface area (Å²) in [5.41, 5.74) is 2.26. The molecule has 0 amide bonds. The van der Waals surface area contributed by atoms with Crippen LogP contribution in [0.5, 0.6) is 0 Å². The summed E-state index contributed by atoms with van der Waals surface area (Å²) in [5, 5.41) is 12.5. The lowest BCUT2D eigenvalue weighted by Crippen LogP contribution is -2.35. The SMILES string of the molecule is N#CC1C(=S)NC(c2ccccc2)=CC1c1ccccc1F. The van der Waals surface area contributed by atoms with Gasteiger partial charge in [0.25, 0.3) is 0 Å². The maximum Gasteiger partial charge on any atom is 0.127 e. The number of benzene rings is 2. The third kappa shape index (κ3) is 2.63. The van der Waals surface area contributed by atoms with E-state index in [0.29, 0.717) is 10.6 Å². The van der Waals surface area contributed by atoms with Crippen molar-refractivity contribution in [1.29, 1.82) is 5.26 Å². The van der Waals surface area contributed by atoms with Gasteiger partial charge in [0.2, 0.25) is 0 Å². The van der Waals surface area contributed by atoms with Crippen LogP contribution in [0.2, 0.25) is 0 Å². The zero-order valence-electron chi connectivity index (χ0n) is 11.7. The lowest BCUT2D eigenvalue weighted by atomic mass is 9.82. The molecule has 0 saturated heterocycles. The predicted molar refractivity (Wildman–Crippen MR) is 88.4 cm³/mol. The van der Waals surface area contributed by atoms with Crippen molar-refractivity contribution in [3.8, 4) is 6.07 Å². The van der Waals surface area contributed by atoms with E-state index < -0.39 is 11.8 Å². The third-order valence-corrected chi connectivity index (χ3v) is 4.09. The predicted octanol–water partition coefficient (Wildman–Crippen LogP) is 4.02. The molecule has 4 heteroatoms. The molecule has 2 aromatic rings. The van der Waals surface area contributed by atoms with Crippen LogP contribution in [0, 0.1) is 23.1 Å². The van der Waals surface area contributed by atoms with Gasteiger partial charge in [0.15, 0.2) is 0 Å². The van der Waals surface area contributed by atoms with Crippen molar-refractivity contribution in [2.24, 2.45) is 5.92 Å². The molecular weight excluding hydrogens is 295 g/mol. The van der Waals surface area contributed by atoms with Gasteiger partial charge in [0, 0.05) is 11.6 Å². The number of thiocarbonyl (C=S) groups is 1. The normalized spacial score (nSPS) is 20.7. The molecule has 1 aliphatic heterocycles. The molecule has 108 valence electrons. The van der Waals surface area contributed by atoms with E-state index in [9.17, 15) is 9.65 Å². The Morgan fingerprint density at radius 3 is 2.41 bits per heavy atom. The van der Waals surface area contributed by atoms with E-state index in [2.05, 4.69) is 11.4 Å². The summed E-state index contributed by atoms with van der Waals surface area (Å²) in [6.45, 7) is 0. The van der Waals surface area contributed by atoms with Crippen molar-refractivity contribution in [3.63, 3.8) is 0 Å². The van der Waals surface area contributed by atoms with Gasteiger partial charge in [-0.15, -0.1) is 0 Å². The molecule has 2 nitrogen and oxygen atoms in total. The number of halogens is 1. The third-order valence-electron chi connectivity index (χ3n) is 3.73. The molecule has 1 heterocycles. The Bertz CT molecular complexity index is 777. The summed E-state index contributed by atoms with van der Waals surface area (Å²) >= 11 is 5.33. The molecule has 2 atom stereocenters. The molecule has 0 spiro atoms. The monoisotopic (exact) mass is 308 g/mol. The summed E-state index contributed by atoms with van der Waals surface area (Å²) in [6.07, 6.45) is 1.89. The number of nitrogens with zero attached hydrogens (tertiary/aromatic N) is 1. The van der Waals surface area contributed by atoms with Gasteiger partial charge in [-0.1, -0.05) is 66.8 Å². The van der Waals surface area contributed by atoms with Crippen LogP contribution in [-0.2, 0) is 0 Å². The summed E-state index contributed by atoms with van der Waals surface area (Å²) in [7, 11) is 0. The Morgan fingerprint density at radius 1 is 1.05 bits per heavy atom. The first-order valence-corrected chi connectivity index (χ1v) is 7.33. The number of nitriles is 1. The van der Waals surface area contributed by atoms with E-state index in [1.165, 1.54) is 6.07 Å². The summed E-state index contributed by atoms with van der Waals surface area (Å²) in [6, 6.07) is 18.4. The van der Waals surface area contributed by atoms with Crippen LogP contribution >= 0.6 is 12.2 Å². The number of hydrogen-bond donors (Lipinski definition) is 1. The summed E-state index contributed by atoms with van der Waals surface area (Å²) < 4.78 is 14.1. The van der Waals surface area contributed by atoms with Gasteiger partial charge >= 0.3 is 0 Å². The van der Waals surface area contributed by atoms with Gasteiger partial charge in [-0.05, 0) is 17.2 Å². The first-order valence-electron chi connectivity index (χ1n) is 6.93. The number of rotatable bonds is 2. The molecule has 0 bridgehead atoms. The highest BCUT2D eigenvalue weighted by Crippen LogP contribution is 2.34. The van der Waals surface area contributed by atoms with Crippen molar-refractivity contribution in [1.82, 2.24) is 5.32 Å². The minimum absolute atomic E-state index is 0.318. The Kier molecular flexibility index (Phi) is 3.99. The van der Waals surface area contributed by atoms with Crippen molar-refractivity contribution in [2.75, 3.05) is 0 Å². The average Bonchev–Trinajstić information content (AvgIpc) is 2.55. The number of allylic oxidation sites excluding steroid dienone is 1. The second-order valence-corrected chi connectivity index (χ2v) is 5.53. The van der Waals surface area contributed by atoms with Gasteiger partial charge in [0.1, 0.15) is 11.7 Å². The smallest absolute Gasteiger partial charge is 0.127 e. The van der Waals surface area contributed by atoms with Crippen molar-refractivity contribution in [3.05, 3.63) is 77.6 Å². The van der Waals surface area contributed by atoms with Gasteiger partial charge in [-0.3, -0.25) is 0 Å². The maximum atomic E-state index is 14.1. The van der Waals surface area contributed by atoms with Crippen molar-refractivity contribution < 1.29 is 4.39 Å². The van der Waals surface area contributed by atoms with Crippen LogP contribution in [0.3, 0.4) is 0 Å².